The van der Waals surface area contributed by atoms with Crippen LogP contribution in [-0.2, 0) is 22.4 Å². The average molecular weight is 346 g/mol. The summed E-state index contributed by atoms with van der Waals surface area (Å²) in [6.45, 7) is 4.43. The first-order chi connectivity index (χ1) is 11.6. The van der Waals surface area contributed by atoms with Crippen LogP contribution >= 0.6 is 11.8 Å². The maximum Gasteiger partial charge on any atom is 0.133 e. The number of carbonyl (C=O) groups excluding carboxylic acids is 1. The molecular weight excluding hydrogens is 326 g/mol. The number of fused-ring (bicyclic) bond motifs is 1. The number of anilines is 1. The fraction of sp³-hybridized carbons (Fsp3) is 0.588. The maximum atomic E-state index is 11.1. The number of hydrogen-bond acceptors (Lipinski definition) is 7. The number of nitrogens with zero attached hydrogens (tertiary/aromatic N) is 3. The first-order valence-corrected chi connectivity index (χ1v) is 9.16. The molecule has 0 saturated carbocycles. The highest BCUT2D eigenvalue weighted by molar-refractivity contribution is 8.00. The molecule has 2 heterocycles. The molecule has 0 aromatic carbocycles. The van der Waals surface area contributed by atoms with Crippen LogP contribution in [0.1, 0.15) is 36.5 Å². The smallest absolute Gasteiger partial charge is 0.133 e. The molecular formula is C17H20N3O3S-. The third-order valence-corrected chi connectivity index (χ3v) is 5.57. The molecule has 1 aliphatic heterocycles. The zero-order chi connectivity index (χ0) is 17.1. The number of thioether (sulfide) groups is 1. The molecule has 1 fully saturated rings. The molecule has 3 rings (SSSR count). The standard InChI is InChI=1S/C17H21N3O3S/c1-11(17(21)22)24-16-14(10-18)12-4-2-3-5-13(12)15(19-16)20-6-8-23-9-7-20/h11H,2-9H2,1H3,(H,21,22)/p-1. The highest BCUT2D eigenvalue weighted by Crippen LogP contribution is 2.37. The summed E-state index contributed by atoms with van der Waals surface area (Å²) in [6.07, 6.45) is 3.92. The molecule has 7 heteroatoms. The van der Waals surface area contributed by atoms with Crippen molar-refractivity contribution in [1.29, 1.82) is 5.26 Å². The van der Waals surface area contributed by atoms with Gasteiger partial charge in [0.2, 0.25) is 0 Å². The van der Waals surface area contributed by atoms with Gasteiger partial charge in [0.1, 0.15) is 16.9 Å². The van der Waals surface area contributed by atoms with Gasteiger partial charge in [-0.15, -0.1) is 0 Å². The van der Waals surface area contributed by atoms with Crippen LogP contribution in [-0.4, -0.2) is 42.5 Å². The Balaban J connectivity index is 2.07. The molecule has 2 aliphatic rings. The summed E-state index contributed by atoms with van der Waals surface area (Å²) < 4.78 is 5.42. The molecule has 1 aliphatic carbocycles. The van der Waals surface area contributed by atoms with Crippen molar-refractivity contribution in [3.05, 3.63) is 16.7 Å². The lowest BCUT2D eigenvalue weighted by molar-refractivity contribution is -0.304. The van der Waals surface area contributed by atoms with Gasteiger partial charge >= 0.3 is 0 Å². The lowest BCUT2D eigenvalue weighted by Gasteiger charge is -2.32. The number of morpholine rings is 1. The molecule has 24 heavy (non-hydrogen) atoms. The van der Waals surface area contributed by atoms with E-state index in [-0.39, 0.29) is 0 Å². The molecule has 6 nitrogen and oxygen atoms in total. The average Bonchev–Trinajstić information content (AvgIpc) is 2.61. The molecule has 128 valence electrons. The van der Waals surface area contributed by atoms with Gasteiger partial charge in [-0.3, -0.25) is 0 Å². The van der Waals surface area contributed by atoms with E-state index in [1.165, 1.54) is 0 Å². The largest absolute Gasteiger partial charge is 0.549 e. The van der Waals surface area contributed by atoms with Gasteiger partial charge in [-0.25, -0.2) is 4.98 Å². The van der Waals surface area contributed by atoms with E-state index in [0.717, 1.165) is 67.5 Å². The first kappa shape index (κ1) is 17.1. The molecule has 1 aromatic rings. The van der Waals surface area contributed by atoms with Gasteiger partial charge in [0.25, 0.3) is 0 Å². The van der Waals surface area contributed by atoms with Crippen molar-refractivity contribution in [2.45, 2.75) is 42.9 Å². The van der Waals surface area contributed by atoms with Crippen LogP contribution < -0.4 is 10.0 Å². The minimum atomic E-state index is -1.14. The summed E-state index contributed by atoms with van der Waals surface area (Å²) in [5, 5.41) is 20.5. The van der Waals surface area contributed by atoms with E-state index in [1.54, 1.807) is 6.92 Å². The Morgan fingerprint density at radius 2 is 2.00 bits per heavy atom. The van der Waals surface area contributed by atoms with E-state index >= 15 is 0 Å². The number of aromatic nitrogens is 1. The second-order valence-electron chi connectivity index (χ2n) is 6.07. The molecule has 1 unspecified atom stereocenters. The summed E-state index contributed by atoms with van der Waals surface area (Å²) in [5.41, 5.74) is 2.75. The lowest BCUT2D eigenvalue weighted by Crippen LogP contribution is -2.38. The van der Waals surface area contributed by atoms with Crippen molar-refractivity contribution in [2.24, 2.45) is 0 Å². The number of carboxylic acid groups (broad SMARTS) is 1. The van der Waals surface area contributed by atoms with Crippen LogP contribution in [0.4, 0.5) is 5.82 Å². The van der Waals surface area contributed by atoms with E-state index in [1.807, 2.05) is 0 Å². The fourth-order valence-electron chi connectivity index (χ4n) is 3.23. The molecule has 0 radical (unpaired) electrons. The Hall–Kier alpha value is -1.78. The Morgan fingerprint density at radius 3 is 2.62 bits per heavy atom. The molecule has 0 amide bonds. The monoisotopic (exact) mass is 346 g/mol. The third-order valence-electron chi connectivity index (χ3n) is 4.50. The van der Waals surface area contributed by atoms with E-state index in [4.69, 9.17) is 9.72 Å². The second-order valence-corrected chi connectivity index (χ2v) is 7.40. The van der Waals surface area contributed by atoms with Crippen LogP contribution in [0, 0.1) is 11.3 Å². The van der Waals surface area contributed by atoms with E-state index < -0.39 is 11.2 Å². The molecule has 0 N–H and O–H groups in total. The SMILES string of the molecule is CC(Sc1nc(N2CCOCC2)c2c(c1C#N)CCCC2)C(=O)[O-]. The molecule has 0 bridgehead atoms. The minimum Gasteiger partial charge on any atom is -0.549 e. The quantitative estimate of drug-likeness (QED) is 0.748. The van der Waals surface area contributed by atoms with Crippen molar-refractivity contribution in [1.82, 2.24) is 4.98 Å². The molecule has 1 saturated heterocycles. The predicted octanol–water partition coefficient (Wildman–Crippen LogP) is 0.899. The summed E-state index contributed by atoms with van der Waals surface area (Å²) in [6, 6.07) is 2.26. The van der Waals surface area contributed by atoms with Gasteiger partial charge in [-0.05, 0) is 43.7 Å². The number of nitriles is 1. The van der Waals surface area contributed by atoms with Gasteiger partial charge in [-0.1, -0.05) is 11.8 Å². The first-order valence-electron chi connectivity index (χ1n) is 8.28. The summed E-state index contributed by atoms with van der Waals surface area (Å²) in [5.74, 6) is -0.239. The van der Waals surface area contributed by atoms with Gasteiger partial charge in [0, 0.05) is 18.3 Å². The third kappa shape index (κ3) is 3.35. The van der Waals surface area contributed by atoms with Crippen LogP contribution in [0.25, 0.3) is 0 Å². The highest BCUT2D eigenvalue weighted by Gasteiger charge is 2.26. The number of pyridine rings is 1. The Kier molecular flexibility index (Phi) is 5.27. The van der Waals surface area contributed by atoms with Gasteiger partial charge < -0.3 is 19.5 Å². The number of ether oxygens (including phenoxy) is 1. The summed E-state index contributed by atoms with van der Waals surface area (Å²) >= 11 is 1.10. The lowest BCUT2D eigenvalue weighted by atomic mass is 9.89. The van der Waals surface area contributed by atoms with Crippen molar-refractivity contribution in [3.8, 4) is 6.07 Å². The van der Waals surface area contributed by atoms with E-state index in [0.29, 0.717) is 23.8 Å². The number of carbonyl (C=O) groups is 1. The Labute approximate surface area is 145 Å². The molecule has 1 aromatic heterocycles. The van der Waals surface area contributed by atoms with Crippen LogP contribution in [0.15, 0.2) is 5.03 Å². The number of hydrogen-bond donors (Lipinski definition) is 0. The van der Waals surface area contributed by atoms with Crippen molar-refractivity contribution in [2.75, 3.05) is 31.2 Å². The Morgan fingerprint density at radius 1 is 1.33 bits per heavy atom. The number of carboxylic acids is 1. The van der Waals surface area contributed by atoms with Gasteiger partial charge in [0.05, 0.1) is 24.7 Å². The molecule has 0 spiro atoms. The highest BCUT2D eigenvalue weighted by atomic mass is 32.2. The van der Waals surface area contributed by atoms with Gasteiger partial charge in [-0.2, -0.15) is 5.26 Å². The maximum absolute atomic E-state index is 11.1. The predicted molar refractivity (Wildman–Crippen MR) is 89.0 cm³/mol. The summed E-state index contributed by atoms with van der Waals surface area (Å²) in [7, 11) is 0. The Bertz CT molecular complexity index is 681. The zero-order valence-electron chi connectivity index (χ0n) is 13.7. The topological polar surface area (TPSA) is 89.3 Å². The van der Waals surface area contributed by atoms with Crippen molar-refractivity contribution < 1.29 is 14.6 Å². The van der Waals surface area contributed by atoms with Crippen LogP contribution in [0.3, 0.4) is 0 Å². The fourth-order valence-corrected chi connectivity index (χ4v) is 4.09. The van der Waals surface area contributed by atoms with Gasteiger partial charge in [0.15, 0.2) is 0 Å². The van der Waals surface area contributed by atoms with Crippen molar-refractivity contribution in [3.63, 3.8) is 0 Å². The van der Waals surface area contributed by atoms with Crippen LogP contribution in [0.5, 0.6) is 0 Å². The number of rotatable bonds is 4. The summed E-state index contributed by atoms with van der Waals surface area (Å²) in [4.78, 5) is 18.0. The minimum absolute atomic E-state index is 0.511. The zero-order valence-corrected chi connectivity index (χ0v) is 14.5. The second kappa shape index (κ2) is 7.41. The van der Waals surface area contributed by atoms with Crippen molar-refractivity contribution >= 4 is 23.5 Å². The van der Waals surface area contributed by atoms with Crippen LogP contribution in [0.2, 0.25) is 0 Å². The molecule has 1 atom stereocenters. The van der Waals surface area contributed by atoms with E-state index in [9.17, 15) is 15.2 Å². The normalized spacial score (nSPS) is 18.6. The number of aliphatic carboxylic acids is 1. The van der Waals surface area contributed by atoms with E-state index in [2.05, 4.69) is 11.0 Å².